The van der Waals surface area contributed by atoms with E-state index >= 15 is 0 Å². The largest absolute Gasteiger partial charge is 0.311 e. The molecule has 60 valence electrons. The van der Waals surface area contributed by atoms with Crippen LogP contribution in [0.3, 0.4) is 0 Å². The average Bonchev–Trinajstić information content (AvgIpc) is 2.45. The van der Waals surface area contributed by atoms with Crippen molar-refractivity contribution in [3.05, 3.63) is 0 Å². The van der Waals surface area contributed by atoms with E-state index < -0.39 is 0 Å². The van der Waals surface area contributed by atoms with E-state index in [1.807, 2.05) is 0 Å². The molecule has 2 saturated heterocycles. The zero-order valence-corrected chi connectivity index (χ0v) is 8.05. The summed E-state index contributed by atoms with van der Waals surface area (Å²) in [5.41, 5.74) is 0. The monoisotopic (exact) mass is 206 g/mol. The van der Waals surface area contributed by atoms with Crippen LogP contribution >= 0.6 is 17.0 Å². The fourth-order valence-electron chi connectivity index (χ4n) is 2.03. The Labute approximate surface area is 72.7 Å². The predicted octanol–water partition coefficient (Wildman–Crippen LogP) is 0.630. The second-order valence-electron chi connectivity index (χ2n) is 3.08. The molecule has 2 rings (SSSR count). The number of fused-ring (bicyclic) bond motifs is 2. The smallest absolute Gasteiger partial charge is 0.0236 e. The first-order chi connectivity index (χ1) is 4.40. The van der Waals surface area contributed by atoms with Crippen molar-refractivity contribution in [2.24, 2.45) is 0 Å². The van der Waals surface area contributed by atoms with E-state index in [0.29, 0.717) is 0 Å². The van der Waals surface area contributed by atoms with Gasteiger partial charge in [-0.2, -0.15) is 0 Å². The summed E-state index contributed by atoms with van der Waals surface area (Å²) >= 11 is 0. The molecular formula is C7H15BrN2. The van der Waals surface area contributed by atoms with E-state index in [0.717, 1.165) is 12.1 Å². The molecule has 2 nitrogen and oxygen atoms in total. The number of likely N-dealkylation sites (N-methyl/N-ethyl adjacent to an activating group) is 1. The van der Waals surface area contributed by atoms with Gasteiger partial charge in [0.25, 0.3) is 0 Å². The van der Waals surface area contributed by atoms with Crippen molar-refractivity contribution in [3.63, 3.8) is 0 Å². The molecule has 0 aromatic heterocycles. The second kappa shape index (κ2) is 3.20. The lowest BCUT2D eigenvalue weighted by molar-refractivity contribution is 0.238. The lowest BCUT2D eigenvalue weighted by Crippen LogP contribution is -2.43. The SMILES string of the molecule is Br.CCN1C[C@@H]2C[C@H]1CN2. The first kappa shape index (κ1) is 8.50. The lowest BCUT2D eigenvalue weighted by Gasteiger charge is -2.25. The first-order valence-electron chi connectivity index (χ1n) is 3.87. The van der Waals surface area contributed by atoms with Gasteiger partial charge in [0, 0.05) is 25.2 Å². The fraction of sp³-hybridized carbons (Fsp3) is 1.00. The Hall–Kier alpha value is 0.400. The van der Waals surface area contributed by atoms with Gasteiger partial charge >= 0.3 is 0 Å². The molecule has 1 N–H and O–H groups in total. The molecule has 2 atom stereocenters. The molecule has 0 aromatic rings. The van der Waals surface area contributed by atoms with Gasteiger partial charge in [-0.25, -0.2) is 0 Å². The number of nitrogens with zero attached hydrogens (tertiary/aromatic N) is 1. The number of piperazine rings is 1. The molecule has 0 saturated carbocycles. The molecule has 3 heteroatoms. The highest BCUT2D eigenvalue weighted by atomic mass is 79.9. The zero-order chi connectivity index (χ0) is 6.27. The molecule has 10 heavy (non-hydrogen) atoms. The van der Waals surface area contributed by atoms with Gasteiger partial charge in [-0.05, 0) is 13.0 Å². The van der Waals surface area contributed by atoms with Crippen molar-refractivity contribution in [2.75, 3.05) is 19.6 Å². The minimum Gasteiger partial charge on any atom is -0.311 e. The Morgan fingerprint density at radius 2 is 2.40 bits per heavy atom. The Bertz CT molecular complexity index is 118. The maximum atomic E-state index is 3.48. The van der Waals surface area contributed by atoms with E-state index in [4.69, 9.17) is 0 Å². The normalized spacial score (nSPS) is 38.1. The van der Waals surface area contributed by atoms with E-state index in [9.17, 15) is 0 Å². The van der Waals surface area contributed by atoms with Crippen LogP contribution < -0.4 is 5.32 Å². The van der Waals surface area contributed by atoms with Crippen molar-refractivity contribution >= 4 is 17.0 Å². The second-order valence-corrected chi connectivity index (χ2v) is 3.08. The zero-order valence-electron chi connectivity index (χ0n) is 6.34. The van der Waals surface area contributed by atoms with Crippen LogP contribution in [0.2, 0.25) is 0 Å². The Morgan fingerprint density at radius 1 is 1.60 bits per heavy atom. The molecule has 0 radical (unpaired) electrons. The molecule has 0 aromatic carbocycles. The summed E-state index contributed by atoms with van der Waals surface area (Å²) in [5, 5.41) is 3.48. The summed E-state index contributed by atoms with van der Waals surface area (Å²) in [6.07, 6.45) is 1.40. The minimum absolute atomic E-state index is 0. The van der Waals surface area contributed by atoms with Gasteiger partial charge in [0.15, 0.2) is 0 Å². The van der Waals surface area contributed by atoms with Gasteiger partial charge in [-0.3, -0.25) is 4.90 Å². The number of hydrogen-bond donors (Lipinski definition) is 1. The predicted molar refractivity (Wildman–Crippen MR) is 47.8 cm³/mol. The van der Waals surface area contributed by atoms with E-state index in [-0.39, 0.29) is 17.0 Å². The van der Waals surface area contributed by atoms with Crippen molar-refractivity contribution in [1.29, 1.82) is 0 Å². The van der Waals surface area contributed by atoms with Crippen molar-refractivity contribution in [1.82, 2.24) is 10.2 Å². The van der Waals surface area contributed by atoms with Crippen molar-refractivity contribution in [3.8, 4) is 0 Å². The highest BCUT2D eigenvalue weighted by molar-refractivity contribution is 8.93. The molecule has 0 aliphatic carbocycles. The third-order valence-electron chi connectivity index (χ3n) is 2.58. The topological polar surface area (TPSA) is 15.3 Å². The van der Waals surface area contributed by atoms with Crippen LogP contribution in [0.1, 0.15) is 13.3 Å². The number of hydrogen-bond acceptors (Lipinski definition) is 2. The Morgan fingerprint density at radius 3 is 2.70 bits per heavy atom. The summed E-state index contributed by atoms with van der Waals surface area (Å²) in [7, 11) is 0. The van der Waals surface area contributed by atoms with Gasteiger partial charge < -0.3 is 5.32 Å². The maximum absolute atomic E-state index is 3.48. The van der Waals surface area contributed by atoms with Crippen LogP contribution in [-0.4, -0.2) is 36.6 Å². The summed E-state index contributed by atoms with van der Waals surface area (Å²) in [4.78, 5) is 2.57. The van der Waals surface area contributed by atoms with Crippen LogP contribution in [0.15, 0.2) is 0 Å². The van der Waals surface area contributed by atoms with Gasteiger partial charge in [0.05, 0.1) is 0 Å². The molecule has 2 fully saturated rings. The number of rotatable bonds is 1. The van der Waals surface area contributed by atoms with E-state index in [1.54, 1.807) is 0 Å². The third kappa shape index (κ3) is 1.22. The highest BCUT2D eigenvalue weighted by Gasteiger charge is 2.35. The molecule has 0 amide bonds. The number of nitrogens with one attached hydrogen (secondary N) is 1. The van der Waals surface area contributed by atoms with Crippen LogP contribution in [0.5, 0.6) is 0 Å². The van der Waals surface area contributed by atoms with Crippen LogP contribution in [0.25, 0.3) is 0 Å². The lowest BCUT2D eigenvalue weighted by atomic mass is 10.2. The van der Waals surface area contributed by atoms with Crippen molar-refractivity contribution in [2.45, 2.75) is 25.4 Å². The molecule has 0 spiro atoms. The standard InChI is InChI=1S/C7H14N2.BrH/c1-2-9-5-6-3-7(9)4-8-6;/h6-8H,2-5H2,1H3;1H/t6-,7-;/m0./s1. The Kier molecular flexibility index (Phi) is 2.72. The third-order valence-corrected chi connectivity index (χ3v) is 2.58. The fourth-order valence-corrected chi connectivity index (χ4v) is 2.03. The Balaban J connectivity index is 0.000000500. The minimum atomic E-state index is 0. The van der Waals surface area contributed by atoms with Crippen LogP contribution in [-0.2, 0) is 0 Å². The van der Waals surface area contributed by atoms with Gasteiger partial charge in [0.2, 0.25) is 0 Å². The molecule has 2 aliphatic heterocycles. The number of halogens is 1. The van der Waals surface area contributed by atoms with E-state index in [2.05, 4.69) is 17.1 Å². The van der Waals surface area contributed by atoms with Crippen LogP contribution in [0, 0.1) is 0 Å². The summed E-state index contributed by atoms with van der Waals surface area (Å²) in [5.74, 6) is 0. The summed E-state index contributed by atoms with van der Waals surface area (Å²) in [6.45, 7) is 6.02. The van der Waals surface area contributed by atoms with E-state index in [1.165, 1.54) is 26.1 Å². The number of likely N-dealkylation sites (tertiary alicyclic amines) is 1. The van der Waals surface area contributed by atoms with Crippen molar-refractivity contribution < 1.29 is 0 Å². The first-order valence-corrected chi connectivity index (χ1v) is 3.87. The van der Waals surface area contributed by atoms with Gasteiger partial charge in [-0.15, -0.1) is 17.0 Å². The summed E-state index contributed by atoms with van der Waals surface area (Å²) < 4.78 is 0. The molecular weight excluding hydrogens is 192 g/mol. The molecule has 2 bridgehead atoms. The summed E-state index contributed by atoms with van der Waals surface area (Å²) in [6, 6.07) is 1.70. The molecule has 2 heterocycles. The maximum Gasteiger partial charge on any atom is 0.0236 e. The average molecular weight is 207 g/mol. The molecule has 2 aliphatic rings. The molecule has 0 unspecified atom stereocenters. The van der Waals surface area contributed by atoms with Crippen LogP contribution in [0.4, 0.5) is 0 Å². The van der Waals surface area contributed by atoms with Gasteiger partial charge in [0.1, 0.15) is 0 Å². The highest BCUT2D eigenvalue weighted by Crippen LogP contribution is 2.21. The quantitative estimate of drug-likeness (QED) is 0.678. The van der Waals surface area contributed by atoms with Gasteiger partial charge in [-0.1, -0.05) is 6.92 Å².